The van der Waals surface area contributed by atoms with Gasteiger partial charge in [0.15, 0.2) is 0 Å². The maximum atomic E-state index is 6.61. The van der Waals surface area contributed by atoms with Gasteiger partial charge in [-0.3, -0.25) is 0 Å². The standard InChI is InChI=1S/C52H35N3O/c1-4-18-38(19-5-1)53(41-28-30-44-43-24-12-13-25-47(43)55(50(44)34-41)40-22-8-3-9-23-40)48-26-14-15-27-49(48)54(39-20-6-2-7-21-39)42-29-31-45-46-32-36-16-10-11-17-37(36)33-51(46)56-52(45)35-42/h1-35H. The number of anilines is 6. The van der Waals surface area contributed by atoms with Crippen molar-refractivity contribution < 1.29 is 4.42 Å². The number of nitrogens with zero attached hydrogens (tertiary/aromatic N) is 3. The van der Waals surface area contributed by atoms with Crippen LogP contribution in [0.1, 0.15) is 0 Å². The van der Waals surface area contributed by atoms with Crippen LogP contribution in [0.2, 0.25) is 0 Å². The lowest BCUT2D eigenvalue weighted by Gasteiger charge is -2.33. The second kappa shape index (κ2) is 13.1. The Balaban J connectivity index is 1.13. The van der Waals surface area contributed by atoms with Crippen LogP contribution >= 0.6 is 0 Å². The highest BCUT2D eigenvalue weighted by Gasteiger charge is 2.24. The van der Waals surface area contributed by atoms with E-state index in [1.54, 1.807) is 0 Å². The monoisotopic (exact) mass is 717 g/mol. The number of furan rings is 1. The van der Waals surface area contributed by atoms with Crippen LogP contribution in [0, 0.1) is 0 Å². The second-order valence-corrected chi connectivity index (χ2v) is 14.2. The molecule has 0 radical (unpaired) electrons. The van der Waals surface area contributed by atoms with E-state index in [0.717, 1.165) is 67.3 Å². The van der Waals surface area contributed by atoms with E-state index in [2.05, 4.69) is 227 Å². The van der Waals surface area contributed by atoms with Crippen molar-refractivity contribution in [1.29, 1.82) is 0 Å². The first-order chi connectivity index (χ1) is 27.8. The highest BCUT2D eigenvalue weighted by atomic mass is 16.3. The normalized spacial score (nSPS) is 11.6. The van der Waals surface area contributed by atoms with Crippen molar-refractivity contribution in [1.82, 2.24) is 4.57 Å². The zero-order chi connectivity index (χ0) is 37.0. The minimum absolute atomic E-state index is 0.852. The Morgan fingerprint density at radius 3 is 1.50 bits per heavy atom. The molecule has 0 N–H and O–H groups in total. The Morgan fingerprint density at radius 1 is 0.321 bits per heavy atom. The summed E-state index contributed by atoms with van der Waals surface area (Å²) in [6.07, 6.45) is 0. The van der Waals surface area contributed by atoms with Gasteiger partial charge in [-0.2, -0.15) is 0 Å². The molecule has 11 rings (SSSR count). The summed E-state index contributed by atoms with van der Waals surface area (Å²) in [6, 6.07) is 75.6. The van der Waals surface area contributed by atoms with Gasteiger partial charge in [-0.1, -0.05) is 115 Å². The Morgan fingerprint density at radius 2 is 0.821 bits per heavy atom. The molecule has 11 aromatic rings. The van der Waals surface area contributed by atoms with Crippen LogP contribution in [0.4, 0.5) is 34.1 Å². The average molecular weight is 718 g/mol. The van der Waals surface area contributed by atoms with Crippen molar-refractivity contribution in [3.8, 4) is 5.69 Å². The first kappa shape index (κ1) is 31.9. The second-order valence-electron chi connectivity index (χ2n) is 14.2. The first-order valence-corrected chi connectivity index (χ1v) is 19.0. The molecule has 264 valence electrons. The summed E-state index contributed by atoms with van der Waals surface area (Å²) in [5.41, 5.74) is 11.5. The molecular formula is C52H35N3O. The third kappa shape index (κ3) is 5.23. The van der Waals surface area contributed by atoms with Crippen LogP contribution in [0.3, 0.4) is 0 Å². The number of para-hydroxylation sites is 6. The molecule has 56 heavy (non-hydrogen) atoms. The van der Waals surface area contributed by atoms with Gasteiger partial charge in [0, 0.05) is 56.0 Å². The first-order valence-electron chi connectivity index (χ1n) is 19.0. The fraction of sp³-hybridized carbons (Fsp3) is 0. The summed E-state index contributed by atoms with van der Waals surface area (Å²) in [6.45, 7) is 0. The molecule has 4 heteroatoms. The van der Waals surface area contributed by atoms with E-state index in [0.29, 0.717) is 0 Å². The maximum Gasteiger partial charge on any atom is 0.137 e. The van der Waals surface area contributed by atoms with Gasteiger partial charge in [0.05, 0.1) is 22.4 Å². The Labute approximate surface area is 324 Å². The molecule has 0 unspecified atom stereocenters. The molecule has 0 saturated heterocycles. The van der Waals surface area contributed by atoms with E-state index >= 15 is 0 Å². The minimum Gasteiger partial charge on any atom is -0.456 e. The van der Waals surface area contributed by atoms with Crippen LogP contribution in [-0.4, -0.2) is 4.57 Å². The number of fused-ring (bicyclic) bond motifs is 7. The molecule has 0 amide bonds. The summed E-state index contributed by atoms with van der Waals surface area (Å²) in [5, 5.41) is 7.04. The maximum absolute atomic E-state index is 6.61. The quantitative estimate of drug-likeness (QED) is 0.164. The molecule has 0 aliphatic carbocycles. The fourth-order valence-electron chi connectivity index (χ4n) is 8.39. The SMILES string of the molecule is c1ccc(N(c2ccc3c(c2)oc2cc4ccccc4cc23)c2ccccc2N(c2ccccc2)c2ccc3c4ccccc4n(-c4ccccc4)c3c2)cc1. The zero-order valence-electron chi connectivity index (χ0n) is 30.5. The van der Waals surface area contributed by atoms with Gasteiger partial charge >= 0.3 is 0 Å². The van der Waals surface area contributed by atoms with E-state index in [-0.39, 0.29) is 0 Å². The smallest absolute Gasteiger partial charge is 0.137 e. The number of hydrogen-bond donors (Lipinski definition) is 0. The molecule has 0 atom stereocenters. The molecule has 2 heterocycles. The number of hydrogen-bond acceptors (Lipinski definition) is 3. The highest BCUT2D eigenvalue weighted by molar-refractivity contribution is 6.12. The van der Waals surface area contributed by atoms with Gasteiger partial charge in [0.1, 0.15) is 11.2 Å². The fourth-order valence-corrected chi connectivity index (χ4v) is 8.39. The van der Waals surface area contributed by atoms with Crippen LogP contribution in [-0.2, 0) is 0 Å². The predicted octanol–water partition coefficient (Wildman–Crippen LogP) is 14.8. The largest absolute Gasteiger partial charge is 0.456 e. The third-order valence-corrected chi connectivity index (χ3v) is 10.9. The van der Waals surface area contributed by atoms with Gasteiger partial charge in [-0.05, 0) is 102 Å². The predicted molar refractivity (Wildman–Crippen MR) is 235 cm³/mol. The molecule has 0 bridgehead atoms. The van der Waals surface area contributed by atoms with Crippen LogP contribution in [0.5, 0.6) is 0 Å². The molecule has 9 aromatic carbocycles. The highest BCUT2D eigenvalue weighted by Crippen LogP contribution is 2.47. The van der Waals surface area contributed by atoms with Gasteiger partial charge in [0.25, 0.3) is 0 Å². The Bertz CT molecular complexity index is 3200. The zero-order valence-corrected chi connectivity index (χ0v) is 30.5. The summed E-state index contributed by atoms with van der Waals surface area (Å²) in [5.74, 6) is 0. The molecule has 0 saturated carbocycles. The van der Waals surface area contributed by atoms with Crippen molar-refractivity contribution in [2.45, 2.75) is 0 Å². The van der Waals surface area contributed by atoms with E-state index in [9.17, 15) is 0 Å². The molecular weight excluding hydrogens is 683 g/mol. The van der Waals surface area contributed by atoms with Crippen LogP contribution in [0.15, 0.2) is 217 Å². The molecule has 0 aliphatic heterocycles. The number of aromatic nitrogens is 1. The van der Waals surface area contributed by atoms with E-state index < -0.39 is 0 Å². The van der Waals surface area contributed by atoms with E-state index in [4.69, 9.17) is 4.42 Å². The van der Waals surface area contributed by atoms with Crippen molar-refractivity contribution in [2.75, 3.05) is 9.80 Å². The summed E-state index contributed by atoms with van der Waals surface area (Å²) >= 11 is 0. The lowest BCUT2D eigenvalue weighted by Crippen LogP contribution is -2.17. The molecule has 4 nitrogen and oxygen atoms in total. The summed E-state index contributed by atoms with van der Waals surface area (Å²) in [7, 11) is 0. The molecule has 0 aliphatic rings. The summed E-state index contributed by atoms with van der Waals surface area (Å²) < 4.78 is 8.99. The third-order valence-electron chi connectivity index (χ3n) is 10.9. The van der Waals surface area contributed by atoms with Gasteiger partial charge < -0.3 is 18.8 Å². The van der Waals surface area contributed by atoms with Crippen molar-refractivity contribution >= 4 is 88.6 Å². The Hall–Kier alpha value is -7.56. The lowest BCUT2D eigenvalue weighted by molar-refractivity contribution is 0.669. The topological polar surface area (TPSA) is 24.6 Å². The minimum atomic E-state index is 0.852. The van der Waals surface area contributed by atoms with Crippen LogP contribution < -0.4 is 9.80 Å². The van der Waals surface area contributed by atoms with Gasteiger partial charge in [0.2, 0.25) is 0 Å². The average Bonchev–Trinajstić information content (AvgIpc) is 3.79. The van der Waals surface area contributed by atoms with Crippen molar-refractivity contribution in [3.63, 3.8) is 0 Å². The number of benzene rings is 9. The van der Waals surface area contributed by atoms with Gasteiger partial charge in [-0.25, -0.2) is 0 Å². The van der Waals surface area contributed by atoms with E-state index in [1.807, 2.05) is 0 Å². The summed E-state index contributed by atoms with van der Waals surface area (Å²) in [4.78, 5) is 4.72. The van der Waals surface area contributed by atoms with E-state index in [1.165, 1.54) is 27.1 Å². The van der Waals surface area contributed by atoms with Crippen LogP contribution in [0.25, 0.3) is 60.2 Å². The van der Waals surface area contributed by atoms with Crippen molar-refractivity contribution in [3.05, 3.63) is 212 Å². The van der Waals surface area contributed by atoms with Crippen molar-refractivity contribution in [2.24, 2.45) is 0 Å². The molecule has 0 fully saturated rings. The lowest BCUT2D eigenvalue weighted by atomic mass is 10.1. The molecule has 0 spiro atoms. The van der Waals surface area contributed by atoms with Gasteiger partial charge in [-0.15, -0.1) is 0 Å². The molecule has 2 aromatic heterocycles. The Kier molecular flexibility index (Phi) is 7.46. The number of rotatable bonds is 7.